The second-order valence-electron chi connectivity index (χ2n) is 6.21. The zero-order chi connectivity index (χ0) is 19.1. The Labute approximate surface area is 151 Å². The zero-order valence-electron chi connectivity index (χ0n) is 14.3. The van der Waals surface area contributed by atoms with Crippen LogP contribution in [0.2, 0.25) is 0 Å². The smallest absolute Gasteiger partial charge is 0.335 e. The molecule has 0 unspecified atom stereocenters. The van der Waals surface area contributed by atoms with Gasteiger partial charge < -0.3 is 20.4 Å². The third kappa shape index (κ3) is 5.24. The second-order valence-corrected chi connectivity index (χ2v) is 6.21. The van der Waals surface area contributed by atoms with Gasteiger partial charge in [0.25, 0.3) is 0 Å². The minimum Gasteiger partial charge on any atom is -0.508 e. The Kier molecular flexibility index (Phi) is 6.60. The van der Waals surface area contributed by atoms with Gasteiger partial charge in [-0.25, -0.2) is 9.59 Å². The number of hydrogen-bond donors (Lipinski definition) is 4. The Morgan fingerprint density at radius 2 is 1.04 bits per heavy atom. The minimum absolute atomic E-state index is 0.0510. The Balaban J connectivity index is 1.82. The lowest BCUT2D eigenvalue weighted by molar-refractivity contribution is 0.0684. The van der Waals surface area contributed by atoms with Crippen molar-refractivity contribution in [3.8, 4) is 11.5 Å². The van der Waals surface area contributed by atoms with Gasteiger partial charge in [-0.15, -0.1) is 0 Å². The molecule has 0 bridgehead atoms. The maximum Gasteiger partial charge on any atom is 0.335 e. The molecule has 0 saturated carbocycles. The molecule has 0 spiro atoms. The van der Waals surface area contributed by atoms with E-state index in [1.165, 1.54) is 36.4 Å². The molecular weight excluding hydrogens is 336 g/mol. The first-order valence-corrected chi connectivity index (χ1v) is 8.49. The molecule has 0 heterocycles. The monoisotopic (exact) mass is 358 g/mol. The largest absolute Gasteiger partial charge is 0.508 e. The van der Waals surface area contributed by atoms with Crippen molar-refractivity contribution in [2.45, 2.75) is 38.5 Å². The fourth-order valence-corrected chi connectivity index (χ4v) is 2.98. The fraction of sp³-hybridized carbons (Fsp3) is 0.300. The summed E-state index contributed by atoms with van der Waals surface area (Å²) in [7, 11) is 0. The predicted molar refractivity (Wildman–Crippen MR) is 96.0 cm³/mol. The van der Waals surface area contributed by atoms with E-state index in [0.717, 1.165) is 25.7 Å². The topological polar surface area (TPSA) is 115 Å². The molecule has 4 N–H and O–H groups in total. The highest BCUT2D eigenvalue weighted by Gasteiger charge is 2.12. The molecule has 0 radical (unpaired) electrons. The molecular formula is C20H22O6. The summed E-state index contributed by atoms with van der Waals surface area (Å²) in [5.41, 5.74) is 1.62. The van der Waals surface area contributed by atoms with E-state index < -0.39 is 11.9 Å². The summed E-state index contributed by atoms with van der Waals surface area (Å²) in [4.78, 5) is 22.4. The highest BCUT2D eigenvalue weighted by Crippen LogP contribution is 2.21. The van der Waals surface area contributed by atoms with Gasteiger partial charge in [-0.2, -0.15) is 0 Å². The third-order valence-electron chi connectivity index (χ3n) is 4.28. The summed E-state index contributed by atoms with van der Waals surface area (Å²) in [5.74, 6) is -1.92. The van der Waals surface area contributed by atoms with Gasteiger partial charge in [-0.05, 0) is 73.2 Å². The van der Waals surface area contributed by atoms with Gasteiger partial charge >= 0.3 is 11.9 Å². The van der Waals surface area contributed by atoms with E-state index in [9.17, 15) is 19.8 Å². The maximum atomic E-state index is 11.2. The number of unbranched alkanes of at least 4 members (excludes halogenated alkanes) is 3. The lowest BCUT2D eigenvalue weighted by atomic mass is 9.98. The number of benzene rings is 2. The Bertz CT molecular complexity index is 729. The molecule has 0 fully saturated rings. The first-order chi connectivity index (χ1) is 12.4. The number of hydrogen-bond acceptors (Lipinski definition) is 4. The van der Waals surface area contributed by atoms with Crippen LogP contribution in [0.4, 0.5) is 0 Å². The van der Waals surface area contributed by atoms with Gasteiger partial charge in [-0.3, -0.25) is 0 Å². The number of carbonyl (C=O) groups is 2. The highest BCUT2D eigenvalue weighted by molar-refractivity contribution is 5.90. The van der Waals surface area contributed by atoms with Crippen LogP contribution in [0.25, 0.3) is 0 Å². The molecule has 2 aromatic rings. The van der Waals surface area contributed by atoms with Crippen LogP contribution in [0.3, 0.4) is 0 Å². The van der Waals surface area contributed by atoms with E-state index in [1.54, 1.807) is 0 Å². The summed E-state index contributed by atoms with van der Waals surface area (Å²) in [6.07, 6.45) is 4.38. The van der Waals surface area contributed by atoms with Crippen LogP contribution in [0, 0.1) is 0 Å². The second kappa shape index (κ2) is 8.89. The van der Waals surface area contributed by atoms with Crippen molar-refractivity contribution in [1.29, 1.82) is 0 Å². The molecule has 26 heavy (non-hydrogen) atoms. The summed E-state index contributed by atoms with van der Waals surface area (Å²) >= 11 is 0. The van der Waals surface area contributed by atoms with Crippen LogP contribution in [-0.2, 0) is 12.8 Å². The van der Waals surface area contributed by atoms with Crippen molar-refractivity contribution in [3.63, 3.8) is 0 Å². The summed E-state index contributed by atoms with van der Waals surface area (Å²) in [6.45, 7) is 0. The van der Waals surface area contributed by atoms with E-state index >= 15 is 0 Å². The molecule has 6 nitrogen and oxygen atoms in total. The van der Waals surface area contributed by atoms with Crippen LogP contribution in [0.1, 0.15) is 57.5 Å². The summed E-state index contributed by atoms with van der Waals surface area (Å²) in [5, 5.41) is 37.4. The molecule has 6 heteroatoms. The Morgan fingerprint density at radius 3 is 1.38 bits per heavy atom. The lowest BCUT2D eigenvalue weighted by Gasteiger charge is -2.08. The summed E-state index contributed by atoms with van der Waals surface area (Å²) < 4.78 is 0. The number of aromatic hydroxyl groups is 2. The lowest BCUT2D eigenvalue weighted by Crippen LogP contribution is -2.03. The van der Waals surface area contributed by atoms with Crippen molar-refractivity contribution in [2.24, 2.45) is 0 Å². The van der Waals surface area contributed by atoms with Gasteiger partial charge in [0.05, 0.1) is 11.1 Å². The zero-order valence-corrected chi connectivity index (χ0v) is 14.3. The number of phenols is 2. The normalized spacial score (nSPS) is 10.6. The number of carboxylic acids is 2. The van der Waals surface area contributed by atoms with Crippen LogP contribution < -0.4 is 0 Å². The SMILES string of the molecule is O=C(O)c1ccc(O)cc1CCCCCCc1cc(O)ccc1C(=O)O. The third-order valence-corrected chi connectivity index (χ3v) is 4.28. The Hall–Kier alpha value is -3.02. The average Bonchev–Trinajstić information content (AvgIpc) is 2.57. The van der Waals surface area contributed by atoms with E-state index in [4.69, 9.17) is 10.2 Å². The maximum absolute atomic E-state index is 11.2. The van der Waals surface area contributed by atoms with Gasteiger partial charge in [0.15, 0.2) is 0 Å². The van der Waals surface area contributed by atoms with Gasteiger partial charge in [-0.1, -0.05) is 12.8 Å². The van der Waals surface area contributed by atoms with Crippen LogP contribution >= 0.6 is 0 Å². The van der Waals surface area contributed by atoms with Crippen LogP contribution in [-0.4, -0.2) is 32.4 Å². The number of carboxylic acid groups (broad SMARTS) is 2. The van der Waals surface area contributed by atoms with Crippen molar-refractivity contribution in [2.75, 3.05) is 0 Å². The molecule has 2 aromatic carbocycles. The van der Waals surface area contributed by atoms with E-state index in [0.29, 0.717) is 24.0 Å². The van der Waals surface area contributed by atoms with Crippen molar-refractivity contribution >= 4 is 11.9 Å². The van der Waals surface area contributed by atoms with Crippen molar-refractivity contribution in [1.82, 2.24) is 0 Å². The molecule has 0 aliphatic rings. The van der Waals surface area contributed by atoms with Gasteiger partial charge in [0.1, 0.15) is 11.5 Å². The van der Waals surface area contributed by atoms with Crippen LogP contribution in [0.15, 0.2) is 36.4 Å². The highest BCUT2D eigenvalue weighted by atomic mass is 16.4. The molecule has 0 aromatic heterocycles. The van der Waals surface area contributed by atoms with Crippen molar-refractivity contribution in [3.05, 3.63) is 58.7 Å². The van der Waals surface area contributed by atoms with E-state index in [2.05, 4.69) is 0 Å². The van der Waals surface area contributed by atoms with Gasteiger partial charge in [0, 0.05) is 0 Å². The number of rotatable bonds is 9. The average molecular weight is 358 g/mol. The number of aryl methyl sites for hydroxylation is 2. The molecule has 2 rings (SSSR count). The summed E-state index contributed by atoms with van der Waals surface area (Å²) in [6, 6.07) is 8.50. The molecule has 0 saturated heterocycles. The fourth-order valence-electron chi connectivity index (χ4n) is 2.98. The molecule has 0 aliphatic carbocycles. The predicted octanol–water partition coefficient (Wildman–Crippen LogP) is 3.84. The number of phenolic OH excluding ortho intramolecular Hbond substituents is 2. The molecule has 0 amide bonds. The van der Waals surface area contributed by atoms with E-state index in [1.807, 2.05) is 0 Å². The standard InChI is InChI=1S/C20H22O6/c21-15-7-9-17(19(23)24)13(11-15)5-3-1-2-4-6-14-12-16(22)8-10-18(14)20(25)26/h7-12,21-22H,1-6H2,(H,23,24)(H,25,26). The first kappa shape index (κ1) is 19.3. The van der Waals surface area contributed by atoms with Crippen LogP contribution in [0.5, 0.6) is 11.5 Å². The Morgan fingerprint density at radius 1 is 0.654 bits per heavy atom. The first-order valence-electron chi connectivity index (χ1n) is 8.49. The van der Waals surface area contributed by atoms with E-state index in [-0.39, 0.29) is 22.6 Å². The number of aromatic carboxylic acids is 2. The molecule has 0 atom stereocenters. The quantitative estimate of drug-likeness (QED) is 0.506. The minimum atomic E-state index is -1.01. The van der Waals surface area contributed by atoms with Gasteiger partial charge in [0.2, 0.25) is 0 Å². The van der Waals surface area contributed by atoms with Crippen molar-refractivity contribution < 1.29 is 30.0 Å². The molecule has 0 aliphatic heterocycles. The molecule has 138 valence electrons.